The summed E-state index contributed by atoms with van der Waals surface area (Å²) in [4.78, 5) is 4.23. The van der Waals surface area contributed by atoms with E-state index in [-0.39, 0.29) is 0 Å². The molecule has 15 heavy (non-hydrogen) atoms. The van der Waals surface area contributed by atoms with Gasteiger partial charge in [-0.05, 0) is 31.2 Å². The van der Waals surface area contributed by atoms with Crippen molar-refractivity contribution >= 4 is 23.3 Å². The summed E-state index contributed by atoms with van der Waals surface area (Å²) in [5, 5.41) is 3.38. The maximum atomic E-state index is 5.58. The number of hydrogen-bond donors (Lipinski definition) is 2. The number of rotatable bonds is 4. The highest BCUT2D eigenvalue weighted by Crippen LogP contribution is 2.42. The van der Waals surface area contributed by atoms with Crippen LogP contribution < -0.4 is 11.1 Å². The Labute approximate surface area is 94.8 Å². The molecule has 2 rings (SSSR count). The minimum absolute atomic E-state index is 0.447. The number of thioether (sulfide) groups is 1. The molecule has 1 aliphatic rings. The molecule has 0 spiro atoms. The first-order chi connectivity index (χ1) is 7.24. The Hall–Kier alpha value is -0.900. The zero-order valence-corrected chi connectivity index (χ0v) is 9.81. The molecule has 0 aliphatic heterocycles. The summed E-state index contributed by atoms with van der Waals surface area (Å²) in [5.41, 5.74) is 6.29. The van der Waals surface area contributed by atoms with Crippen LogP contribution in [0.15, 0.2) is 18.3 Å². The van der Waals surface area contributed by atoms with Crippen molar-refractivity contribution in [2.45, 2.75) is 24.0 Å². The predicted octanol–water partition coefficient (Wildman–Crippen LogP) is 2.36. The standard InChI is InChI=1S/C11H17N3S/c1-15-11(5-2-6-11)8-14-10-4-3-9(12)7-13-10/h3-4,7H,2,5-6,8,12H2,1H3,(H,13,14). The lowest BCUT2D eigenvalue weighted by Crippen LogP contribution is -2.40. The van der Waals surface area contributed by atoms with Crippen LogP contribution in [0.25, 0.3) is 0 Å². The van der Waals surface area contributed by atoms with Gasteiger partial charge in [0.15, 0.2) is 0 Å². The van der Waals surface area contributed by atoms with E-state index in [2.05, 4.69) is 16.6 Å². The quantitative estimate of drug-likeness (QED) is 0.822. The van der Waals surface area contributed by atoms with Crippen molar-refractivity contribution in [3.63, 3.8) is 0 Å². The van der Waals surface area contributed by atoms with Crippen LogP contribution in [-0.2, 0) is 0 Å². The topological polar surface area (TPSA) is 50.9 Å². The molecule has 0 saturated heterocycles. The minimum Gasteiger partial charge on any atom is -0.397 e. The first-order valence-corrected chi connectivity index (χ1v) is 6.47. The van der Waals surface area contributed by atoms with Crippen LogP contribution >= 0.6 is 11.8 Å². The molecule has 1 aromatic heterocycles. The van der Waals surface area contributed by atoms with E-state index >= 15 is 0 Å². The largest absolute Gasteiger partial charge is 0.397 e. The van der Waals surface area contributed by atoms with Crippen molar-refractivity contribution in [3.8, 4) is 0 Å². The normalized spacial score (nSPS) is 18.2. The SMILES string of the molecule is CSC1(CNc2ccc(N)cn2)CCC1. The number of anilines is 2. The van der Waals surface area contributed by atoms with Gasteiger partial charge in [-0.2, -0.15) is 11.8 Å². The highest BCUT2D eigenvalue weighted by Gasteiger charge is 2.35. The summed E-state index contributed by atoms with van der Waals surface area (Å²) in [6.45, 7) is 1.01. The van der Waals surface area contributed by atoms with Gasteiger partial charge in [0, 0.05) is 11.3 Å². The second-order valence-corrected chi connectivity index (χ2v) is 5.35. The van der Waals surface area contributed by atoms with E-state index in [0.29, 0.717) is 10.4 Å². The lowest BCUT2D eigenvalue weighted by molar-refractivity contribution is 0.379. The average molecular weight is 223 g/mol. The Morgan fingerprint density at radius 2 is 2.33 bits per heavy atom. The molecule has 3 nitrogen and oxygen atoms in total. The van der Waals surface area contributed by atoms with Crippen molar-refractivity contribution in [3.05, 3.63) is 18.3 Å². The molecule has 0 unspecified atom stereocenters. The van der Waals surface area contributed by atoms with Crippen molar-refractivity contribution in [1.29, 1.82) is 0 Å². The van der Waals surface area contributed by atoms with Gasteiger partial charge in [0.25, 0.3) is 0 Å². The maximum Gasteiger partial charge on any atom is 0.126 e. The third kappa shape index (κ3) is 2.37. The van der Waals surface area contributed by atoms with E-state index in [9.17, 15) is 0 Å². The fourth-order valence-electron chi connectivity index (χ4n) is 1.79. The van der Waals surface area contributed by atoms with Gasteiger partial charge in [-0.15, -0.1) is 0 Å². The van der Waals surface area contributed by atoms with Crippen molar-refractivity contribution in [2.24, 2.45) is 0 Å². The molecule has 82 valence electrons. The van der Waals surface area contributed by atoms with Gasteiger partial charge in [0.05, 0.1) is 11.9 Å². The first-order valence-electron chi connectivity index (χ1n) is 5.25. The molecular weight excluding hydrogens is 206 g/mol. The summed E-state index contributed by atoms with van der Waals surface area (Å²) in [6.07, 6.45) is 7.87. The van der Waals surface area contributed by atoms with E-state index in [1.165, 1.54) is 19.3 Å². The third-order valence-electron chi connectivity index (χ3n) is 3.08. The molecule has 3 N–H and O–H groups in total. The van der Waals surface area contributed by atoms with Gasteiger partial charge in [-0.3, -0.25) is 0 Å². The van der Waals surface area contributed by atoms with E-state index in [1.54, 1.807) is 6.20 Å². The number of nitrogens with one attached hydrogen (secondary N) is 1. The van der Waals surface area contributed by atoms with Gasteiger partial charge < -0.3 is 11.1 Å². The Morgan fingerprint density at radius 1 is 1.53 bits per heavy atom. The van der Waals surface area contributed by atoms with Gasteiger partial charge >= 0.3 is 0 Å². The molecule has 0 aromatic carbocycles. The highest BCUT2D eigenvalue weighted by atomic mass is 32.2. The van der Waals surface area contributed by atoms with Crippen LogP contribution in [0.2, 0.25) is 0 Å². The van der Waals surface area contributed by atoms with Gasteiger partial charge in [-0.1, -0.05) is 6.42 Å². The summed E-state index contributed by atoms with van der Waals surface area (Å²) in [5.74, 6) is 0.921. The van der Waals surface area contributed by atoms with Crippen molar-refractivity contribution < 1.29 is 0 Å². The van der Waals surface area contributed by atoms with Crippen molar-refractivity contribution in [1.82, 2.24) is 4.98 Å². The molecule has 1 heterocycles. The number of pyridine rings is 1. The lowest BCUT2D eigenvalue weighted by Gasteiger charge is -2.40. The third-order valence-corrected chi connectivity index (χ3v) is 4.49. The fraction of sp³-hybridized carbons (Fsp3) is 0.545. The predicted molar refractivity (Wildman–Crippen MR) is 67.2 cm³/mol. The zero-order chi connectivity index (χ0) is 10.7. The number of nitrogen functional groups attached to an aromatic ring is 1. The Kier molecular flexibility index (Phi) is 3.05. The molecule has 1 fully saturated rings. The number of nitrogens with two attached hydrogens (primary N) is 1. The number of aromatic nitrogens is 1. The summed E-state index contributed by atoms with van der Waals surface area (Å²) < 4.78 is 0.447. The fourth-order valence-corrected chi connectivity index (χ4v) is 2.70. The smallest absolute Gasteiger partial charge is 0.126 e. The van der Waals surface area contributed by atoms with Crippen LogP contribution in [0.3, 0.4) is 0 Å². The second kappa shape index (κ2) is 4.31. The van der Waals surface area contributed by atoms with Gasteiger partial charge in [-0.25, -0.2) is 4.98 Å². The Morgan fingerprint density at radius 3 is 2.80 bits per heavy atom. The second-order valence-electron chi connectivity index (χ2n) is 4.07. The highest BCUT2D eigenvalue weighted by molar-refractivity contribution is 8.00. The van der Waals surface area contributed by atoms with Crippen LogP contribution in [-0.4, -0.2) is 22.5 Å². The Bertz CT molecular complexity index is 314. The van der Waals surface area contributed by atoms with Crippen LogP contribution in [0.5, 0.6) is 0 Å². The Balaban J connectivity index is 1.90. The molecule has 0 atom stereocenters. The van der Waals surface area contributed by atoms with E-state index in [4.69, 9.17) is 5.73 Å². The summed E-state index contributed by atoms with van der Waals surface area (Å²) in [6, 6.07) is 3.81. The number of nitrogens with zero attached hydrogens (tertiary/aromatic N) is 1. The molecule has 1 aliphatic carbocycles. The minimum atomic E-state index is 0.447. The summed E-state index contributed by atoms with van der Waals surface area (Å²) in [7, 11) is 0. The molecule has 1 aromatic rings. The van der Waals surface area contributed by atoms with Gasteiger partial charge in [0.2, 0.25) is 0 Å². The molecular formula is C11H17N3S. The van der Waals surface area contributed by atoms with Crippen LogP contribution in [0.4, 0.5) is 11.5 Å². The molecule has 4 heteroatoms. The van der Waals surface area contributed by atoms with Crippen molar-refractivity contribution in [2.75, 3.05) is 23.9 Å². The maximum absolute atomic E-state index is 5.58. The van der Waals surface area contributed by atoms with Crippen LogP contribution in [0.1, 0.15) is 19.3 Å². The van der Waals surface area contributed by atoms with Gasteiger partial charge in [0.1, 0.15) is 5.82 Å². The molecule has 0 bridgehead atoms. The van der Waals surface area contributed by atoms with E-state index in [0.717, 1.165) is 12.4 Å². The van der Waals surface area contributed by atoms with E-state index < -0.39 is 0 Å². The first kappa shape index (κ1) is 10.6. The van der Waals surface area contributed by atoms with E-state index in [1.807, 2.05) is 23.9 Å². The molecule has 1 saturated carbocycles. The summed E-state index contributed by atoms with van der Waals surface area (Å²) >= 11 is 1.97. The monoisotopic (exact) mass is 223 g/mol. The lowest BCUT2D eigenvalue weighted by atomic mass is 9.84. The van der Waals surface area contributed by atoms with Crippen LogP contribution in [0, 0.1) is 0 Å². The molecule has 0 radical (unpaired) electrons. The average Bonchev–Trinajstić information content (AvgIpc) is 2.20. The molecule has 0 amide bonds. The zero-order valence-electron chi connectivity index (χ0n) is 8.99. The number of hydrogen-bond acceptors (Lipinski definition) is 4.